The summed E-state index contributed by atoms with van der Waals surface area (Å²) in [6.45, 7) is 5.63. The summed E-state index contributed by atoms with van der Waals surface area (Å²) in [6, 6.07) is 18.5. The number of benzene rings is 2. The van der Waals surface area contributed by atoms with Crippen molar-refractivity contribution in [1.29, 1.82) is 0 Å². The quantitative estimate of drug-likeness (QED) is 0.797. The fourth-order valence-corrected chi connectivity index (χ4v) is 4.57. The first kappa shape index (κ1) is 18.1. The van der Waals surface area contributed by atoms with Crippen molar-refractivity contribution in [2.24, 2.45) is 11.8 Å². The third kappa shape index (κ3) is 3.86. The average Bonchev–Trinajstić information content (AvgIpc) is 3.28. The highest BCUT2D eigenvalue weighted by Crippen LogP contribution is 2.43. The number of likely N-dealkylation sites (tertiary alicyclic amines) is 1. The van der Waals surface area contributed by atoms with Crippen LogP contribution in [0.2, 0.25) is 0 Å². The highest BCUT2D eigenvalue weighted by Gasteiger charge is 2.46. The molecule has 2 aromatic rings. The highest BCUT2D eigenvalue weighted by molar-refractivity contribution is 5.77. The normalized spacial score (nSPS) is 24.0. The predicted octanol–water partition coefficient (Wildman–Crippen LogP) is 3.57. The monoisotopic (exact) mass is 364 g/mol. The van der Waals surface area contributed by atoms with E-state index in [-0.39, 0.29) is 11.9 Å². The molecule has 4 nitrogen and oxygen atoms in total. The van der Waals surface area contributed by atoms with E-state index >= 15 is 0 Å². The lowest BCUT2D eigenvalue weighted by Gasteiger charge is -2.29. The third-order valence-electron chi connectivity index (χ3n) is 5.94. The number of nitrogens with one attached hydrogen (secondary N) is 1. The molecule has 2 aromatic carbocycles. The molecule has 2 heterocycles. The molecule has 1 N–H and O–H groups in total. The fourth-order valence-electron chi connectivity index (χ4n) is 4.57. The molecule has 4 rings (SSSR count). The third-order valence-corrected chi connectivity index (χ3v) is 5.94. The van der Waals surface area contributed by atoms with Crippen LogP contribution in [0, 0.1) is 18.8 Å². The molecule has 1 amide bonds. The van der Waals surface area contributed by atoms with Gasteiger partial charge in [-0.05, 0) is 42.5 Å². The first-order chi connectivity index (χ1) is 13.2. The lowest BCUT2D eigenvalue weighted by Crippen LogP contribution is -2.35. The van der Waals surface area contributed by atoms with Crippen LogP contribution in [0.3, 0.4) is 0 Å². The Balaban J connectivity index is 1.40. The largest absolute Gasteiger partial charge is 0.494 e. The van der Waals surface area contributed by atoms with Crippen LogP contribution in [0.1, 0.15) is 30.0 Å². The second kappa shape index (κ2) is 8.13. The molecule has 3 atom stereocenters. The van der Waals surface area contributed by atoms with Gasteiger partial charge in [-0.2, -0.15) is 0 Å². The second-order valence-electron chi connectivity index (χ2n) is 7.69. The van der Waals surface area contributed by atoms with Crippen LogP contribution in [0.15, 0.2) is 54.6 Å². The number of fused-ring (bicyclic) bond motifs is 1. The molecule has 0 radical (unpaired) electrons. The maximum Gasteiger partial charge on any atom is 0.223 e. The van der Waals surface area contributed by atoms with Gasteiger partial charge >= 0.3 is 0 Å². The Labute approximate surface area is 161 Å². The van der Waals surface area contributed by atoms with Crippen LogP contribution in [0.25, 0.3) is 0 Å². The molecule has 0 saturated carbocycles. The summed E-state index contributed by atoms with van der Waals surface area (Å²) >= 11 is 0. The molecule has 0 aliphatic carbocycles. The van der Waals surface area contributed by atoms with Gasteiger partial charge in [-0.15, -0.1) is 0 Å². The highest BCUT2D eigenvalue weighted by atomic mass is 16.5. The van der Waals surface area contributed by atoms with Crippen LogP contribution in [-0.4, -0.2) is 37.0 Å². The lowest BCUT2D eigenvalue weighted by atomic mass is 9.87. The van der Waals surface area contributed by atoms with E-state index in [1.165, 1.54) is 11.1 Å². The van der Waals surface area contributed by atoms with E-state index in [0.29, 0.717) is 24.9 Å². The second-order valence-corrected chi connectivity index (χ2v) is 7.69. The summed E-state index contributed by atoms with van der Waals surface area (Å²) in [6.07, 6.45) is 1.29. The van der Waals surface area contributed by atoms with Gasteiger partial charge in [0.05, 0.1) is 12.6 Å². The molecule has 2 aliphatic rings. The molecular formula is C23H28N2O2. The molecule has 0 bridgehead atoms. The van der Waals surface area contributed by atoms with Gasteiger partial charge in [-0.25, -0.2) is 0 Å². The number of carbonyl (C=O) groups is 1. The Bertz CT molecular complexity index is 777. The minimum absolute atomic E-state index is 0.203. The number of rotatable bonds is 6. The van der Waals surface area contributed by atoms with Crippen molar-refractivity contribution in [1.82, 2.24) is 10.2 Å². The fraction of sp³-hybridized carbons (Fsp3) is 0.435. The van der Waals surface area contributed by atoms with E-state index in [1.54, 1.807) is 0 Å². The molecule has 2 aliphatic heterocycles. The standard InChI is InChI=1S/C23H28N2O2/c1-17-8-5-6-11-20(17)23-21-15-24-14-18(21)16-25(23)22(26)12-7-13-27-19-9-3-2-4-10-19/h2-6,8-11,18,21,23-24H,7,12-16H2,1H3/t18-,21-,23-/m0/s1. The van der Waals surface area contributed by atoms with Crippen molar-refractivity contribution in [2.45, 2.75) is 25.8 Å². The first-order valence-corrected chi connectivity index (χ1v) is 9.97. The van der Waals surface area contributed by atoms with Gasteiger partial charge in [0.15, 0.2) is 0 Å². The van der Waals surface area contributed by atoms with Gasteiger partial charge in [-0.3, -0.25) is 4.79 Å². The topological polar surface area (TPSA) is 41.6 Å². The Morgan fingerprint density at radius 3 is 2.70 bits per heavy atom. The molecule has 2 saturated heterocycles. The van der Waals surface area contributed by atoms with Gasteiger partial charge in [0.1, 0.15) is 5.75 Å². The van der Waals surface area contributed by atoms with Gasteiger partial charge in [0.25, 0.3) is 0 Å². The van der Waals surface area contributed by atoms with Gasteiger partial charge in [-0.1, -0.05) is 42.5 Å². The number of hydrogen-bond donors (Lipinski definition) is 1. The van der Waals surface area contributed by atoms with Gasteiger partial charge < -0.3 is 15.0 Å². The number of carbonyl (C=O) groups excluding carboxylic acids is 1. The molecule has 0 aromatic heterocycles. The SMILES string of the molecule is Cc1ccccc1[C@H]1[C@H]2CNC[C@H]2CN1C(=O)CCCOc1ccccc1. The zero-order valence-corrected chi connectivity index (χ0v) is 15.9. The van der Waals surface area contributed by atoms with Crippen LogP contribution < -0.4 is 10.1 Å². The Kier molecular flexibility index (Phi) is 5.44. The summed E-state index contributed by atoms with van der Waals surface area (Å²) in [5, 5.41) is 3.52. The van der Waals surface area contributed by atoms with E-state index in [0.717, 1.165) is 31.8 Å². The van der Waals surface area contributed by atoms with E-state index in [2.05, 4.69) is 41.4 Å². The zero-order chi connectivity index (χ0) is 18.6. The van der Waals surface area contributed by atoms with Crippen molar-refractivity contribution in [3.05, 3.63) is 65.7 Å². The number of hydrogen-bond acceptors (Lipinski definition) is 3. The van der Waals surface area contributed by atoms with E-state index in [9.17, 15) is 4.79 Å². The maximum atomic E-state index is 13.0. The number of amides is 1. The average molecular weight is 364 g/mol. The van der Waals surface area contributed by atoms with E-state index < -0.39 is 0 Å². The number of para-hydroxylation sites is 1. The summed E-state index contributed by atoms with van der Waals surface area (Å²) < 4.78 is 5.74. The summed E-state index contributed by atoms with van der Waals surface area (Å²) in [5.41, 5.74) is 2.59. The van der Waals surface area contributed by atoms with Crippen LogP contribution in [-0.2, 0) is 4.79 Å². The molecule has 0 spiro atoms. The van der Waals surface area contributed by atoms with Crippen molar-refractivity contribution >= 4 is 5.91 Å². The van der Waals surface area contributed by atoms with Gasteiger partial charge in [0.2, 0.25) is 5.91 Å². The van der Waals surface area contributed by atoms with E-state index in [1.807, 2.05) is 30.3 Å². The van der Waals surface area contributed by atoms with Crippen molar-refractivity contribution in [3.63, 3.8) is 0 Å². The predicted molar refractivity (Wildman–Crippen MR) is 107 cm³/mol. The summed E-state index contributed by atoms with van der Waals surface area (Å²) in [5.74, 6) is 2.22. The Morgan fingerprint density at radius 1 is 1.11 bits per heavy atom. The zero-order valence-electron chi connectivity index (χ0n) is 15.9. The van der Waals surface area contributed by atoms with Crippen LogP contribution >= 0.6 is 0 Å². The Hall–Kier alpha value is -2.33. The molecule has 4 heteroatoms. The first-order valence-electron chi connectivity index (χ1n) is 9.97. The van der Waals surface area contributed by atoms with Gasteiger partial charge in [0, 0.05) is 32.0 Å². The molecule has 0 unspecified atom stereocenters. The number of ether oxygens (including phenoxy) is 1. The molecule has 27 heavy (non-hydrogen) atoms. The van der Waals surface area contributed by atoms with Crippen molar-refractivity contribution in [3.8, 4) is 5.75 Å². The maximum absolute atomic E-state index is 13.0. The van der Waals surface area contributed by atoms with Crippen molar-refractivity contribution in [2.75, 3.05) is 26.2 Å². The van der Waals surface area contributed by atoms with Crippen molar-refractivity contribution < 1.29 is 9.53 Å². The lowest BCUT2D eigenvalue weighted by molar-refractivity contribution is -0.132. The van der Waals surface area contributed by atoms with Crippen LogP contribution in [0.5, 0.6) is 5.75 Å². The molecule has 2 fully saturated rings. The summed E-state index contributed by atoms with van der Waals surface area (Å²) in [7, 11) is 0. The minimum atomic E-state index is 0.203. The Morgan fingerprint density at radius 2 is 1.89 bits per heavy atom. The van der Waals surface area contributed by atoms with E-state index in [4.69, 9.17) is 4.74 Å². The smallest absolute Gasteiger partial charge is 0.223 e. The number of nitrogens with zero attached hydrogens (tertiary/aromatic N) is 1. The molecular weight excluding hydrogens is 336 g/mol. The minimum Gasteiger partial charge on any atom is -0.494 e. The summed E-state index contributed by atoms with van der Waals surface area (Å²) in [4.78, 5) is 15.2. The number of aryl methyl sites for hydroxylation is 1. The van der Waals surface area contributed by atoms with Crippen LogP contribution in [0.4, 0.5) is 0 Å². The molecule has 142 valence electrons.